The molecule has 1 aliphatic carbocycles. The van der Waals surface area contributed by atoms with Crippen LogP contribution in [0.3, 0.4) is 0 Å². The van der Waals surface area contributed by atoms with Crippen molar-refractivity contribution >= 4 is 11.6 Å². The molecule has 0 radical (unpaired) electrons. The molecule has 3 aliphatic heterocycles. The van der Waals surface area contributed by atoms with E-state index in [9.17, 15) is 4.79 Å². The van der Waals surface area contributed by atoms with Gasteiger partial charge in [-0.15, -0.1) is 0 Å². The number of para-hydroxylation sites is 1. The Morgan fingerprint density at radius 2 is 1.79 bits per heavy atom. The van der Waals surface area contributed by atoms with Gasteiger partial charge in [0.05, 0.1) is 11.7 Å². The van der Waals surface area contributed by atoms with Crippen LogP contribution in [0.15, 0.2) is 48.7 Å². The highest BCUT2D eigenvalue weighted by molar-refractivity contribution is 5.77. The number of likely N-dealkylation sites (tertiary alicyclic amines) is 2. The van der Waals surface area contributed by atoms with Gasteiger partial charge in [-0.05, 0) is 75.4 Å². The average molecular weight is 459 g/mol. The molecule has 2 saturated heterocycles. The third-order valence-electron chi connectivity index (χ3n) is 9.14. The van der Waals surface area contributed by atoms with Gasteiger partial charge in [0.1, 0.15) is 0 Å². The molecule has 4 aliphatic rings. The molecule has 34 heavy (non-hydrogen) atoms. The van der Waals surface area contributed by atoms with Crippen LogP contribution >= 0.6 is 0 Å². The summed E-state index contributed by atoms with van der Waals surface area (Å²) >= 11 is 0. The van der Waals surface area contributed by atoms with Crippen LogP contribution in [0.25, 0.3) is 0 Å². The lowest BCUT2D eigenvalue weighted by Gasteiger charge is -2.50. The van der Waals surface area contributed by atoms with Gasteiger partial charge in [0.15, 0.2) is 0 Å². The number of nitrogens with zero attached hydrogens (tertiary/aromatic N) is 4. The molecule has 5 nitrogen and oxygen atoms in total. The Hall–Kier alpha value is -2.40. The number of hydrogen-bond donors (Lipinski definition) is 0. The number of carbonyl (C=O) groups excluding carboxylic acids is 1. The number of benzene rings is 1. The maximum Gasteiger partial charge on any atom is 0.222 e. The SMILES string of the molecule is CCC(=O)N1CCC2(CC1c1ccccn1)CN(C1CC(N3CCCCC3)C1)c1ccccc12. The van der Waals surface area contributed by atoms with E-state index in [0.29, 0.717) is 12.5 Å². The number of amides is 1. The van der Waals surface area contributed by atoms with Crippen LogP contribution in [-0.2, 0) is 10.2 Å². The molecular weight excluding hydrogens is 420 g/mol. The smallest absolute Gasteiger partial charge is 0.222 e. The highest BCUT2D eigenvalue weighted by atomic mass is 16.2. The molecule has 1 spiro atoms. The number of aromatic nitrogens is 1. The standard InChI is InChI=1S/C29H38N4O/c1-2-28(34)32-17-13-29(20-27(32)25-11-6-7-14-30-25)21-33(26-12-5-4-10-24(26)29)23-18-22(19-23)31-15-8-3-9-16-31/h4-7,10-12,14,22-23,27H,2-3,8-9,13,15-21H2,1H3. The normalized spacial score (nSPS) is 31.4. The summed E-state index contributed by atoms with van der Waals surface area (Å²) in [5, 5.41) is 0. The average Bonchev–Trinajstić information content (AvgIpc) is 3.17. The van der Waals surface area contributed by atoms with Crippen molar-refractivity contribution in [3.8, 4) is 0 Å². The first-order valence-electron chi connectivity index (χ1n) is 13.5. The van der Waals surface area contributed by atoms with Crippen molar-refractivity contribution in [1.82, 2.24) is 14.8 Å². The summed E-state index contributed by atoms with van der Waals surface area (Å²) in [7, 11) is 0. The predicted octanol–water partition coefficient (Wildman–Crippen LogP) is 4.93. The summed E-state index contributed by atoms with van der Waals surface area (Å²) in [6.45, 7) is 6.47. The second-order valence-corrected chi connectivity index (χ2v) is 11.0. The van der Waals surface area contributed by atoms with Gasteiger partial charge in [0.2, 0.25) is 5.91 Å². The first-order chi connectivity index (χ1) is 16.7. The number of hydrogen-bond acceptors (Lipinski definition) is 4. The fourth-order valence-corrected chi connectivity index (χ4v) is 7.19. The Kier molecular flexibility index (Phi) is 5.84. The van der Waals surface area contributed by atoms with Gasteiger partial charge in [-0.2, -0.15) is 0 Å². The number of rotatable bonds is 4. The monoisotopic (exact) mass is 458 g/mol. The molecule has 180 valence electrons. The first-order valence-corrected chi connectivity index (χ1v) is 13.5. The first kappa shape index (κ1) is 22.1. The summed E-state index contributed by atoms with van der Waals surface area (Å²) in [5.41, 5.74) is 4.08. The van der Waals surface area contributed by atoms with Crippen LogP contribution < -0.4 is 4.90 Å². The van der Waals surface area contributed by atoms with Gasteiger partial charge < -0.3 is 14.7 Å². The van der Waals surface area contributed by atoms with Crippen LogP contribution in [0.2, 0.25) is 0 Å². The number of fused-ring (bicyclic) bond motifs is 2. The van der Waals surface area contributed by atoms with Crippen molar-refractivity contribution < 1.29 is 4.79 Å². The van der Waals surface area contributed by atoms with Crippen molar-refractivity contribution in [2.45, 2.75) is 81.8 Å². The number of anilines is 1. The van der Waals surface area contributed by atoms with E-state index in [4.69, 9.17) is 4.98 Å². The predicted molar refractivity (Wildman–Crippen MR) is 136 cm³/mol. The molecule has 2 atom stereocenters. The van der Waals surface area contributed by atoms with Crippen molar-refractivity contribution in [1.29, 1.82) is 0 Å². The maximum atomic E-state index is 12.9. The Morgan fingerprint density at radius 3 is 2.56 bits per heavy atom. The quantitative estimate of drug-likeness (QED) is 0.651. The zero-order valence-electron chi connectivity index (χ0n) is 20.5. The topological polar surface area (TPSA) is 39.7 Å². The van der Waals surface area contributed by atoms with Gasteiger partial charge in [0, 0.05) is 48.9 Å². The van der Waals surface area contributed by atoms with Crippen LogP contribution in [0.1, 0.15) is 75.6 Å². The molecule has 0 N–H and O–H groups in total. The number of pyridine rings is 1. The van der Waals surface area contributed by atoms with E-state index >= 15 is 0 Å². The minimum Gasteiger partial charge on any atom is -0.367 e. The van der Waals surface area contributed by atoms with E-state index in [1.807, 2.05) is 19.2 Å². The molecule has 2 aromatic rings. The van der Waals surface area contributed by atoms with E-state index in [-0.39, 0.29) is 17.4 Å². The molecule has 4 heterocycles. The lowest BCUT2D eigenvalue weighted by Crippen LogP contribution is -2.56. The Morgan fingerprint density at radius 1 is 1.00 bits per heavy atom. The van der Waals surface area contributed by atoms with Crippen molar-refractivity contribution in [3.05, 3.63) is 59.9 Å². The minimum absolute atomic E-state index is 0.0536. The molecule has 2 unspecified atom stereocenters. The maximum absolute atomic E-state index is 12.9. The van der Waals surface area contributed by atoms with Gasteiger partial charge in [-0.25, -0.2) is 0 Å². The van der Waals surface area contributed by atoms with Gasteiger partial charge in [0.25, 0.3) is 0 Å². The Balaban J connectivity index is 1.26. The second-order valence-electron chi connectivity index (χ2n) is 11.0. The summed E-state index contributed by atoms with van der Waals surface area (Å²) in [6, 6.07) is 16.7. The Labute approximate surface area is 204 Å². The molecule has 1 aromatic heterocycles. The highest BCUT2D eigenvalue weighted by Gasteiger charge is 2.51. The second kappa shape index (κ2) is 8.99. The van der Waals surface area contributed by atoms with Crippen LogP contribution in [0.5, 0.6) is 0 Å². The molecule has 1 aromatic carbocycles. The third kappa shape index (κ3) is 3.73. The summed E-state index contributed by atoms with van der Waals surface area (Å²) < 4.78 is 0. The minimum atomic E-state index is 0.0536. The van der Waals surface area contributed by atoms with E-state index in [1.165, 1.54) is 56.4 Å². The van der Waals surface area contributed by atoms with Crippen molar-refractivity contribution in [2.75, 3.05) is 31.1 Å². The molecule has 6 rings (SSSR count). The third-order valence-corrected chi connectivity index (χ3v) is 9.14. The van der Waals surface area contributed by atoms with E-state index in [0.717, 1.165) is 37.7 Å². The van der Waals surface area contributed by atoms with Crippen molar-refractivity contribution in [2.24, 2.45) is 0 Å². The van der Waals surface area contributed by atoms with E-state index in [1.54, 1.807) is 0 Å². The van der Waals surface area contributed by atoms with Gasteiger partial charge >= 0.3 is 0 Å². The molecule has 0 bridgehead atoms. The Bertz CT molecular complexity index is 1010. The van der Waals surface area contributed by atoms with Crippen LogP contribution in [0.4, 0.5) is 5.69 Å². The zero-order chi connectivity index (χ0) is 23.1. The lowest BCUT2D eigenvalue weighted by molar-refractivity contribution is -0.135. The summed E-state index contributed by atoms with van der Waals surface area (Å²) in [4.78, 5) is 25.2. The zero-order valence-corrected chi connectivity index (χ0v) is 20.5. The summed E-state index contributed by atoms with van der Waals surface area (Å²) in [5.74, 6) is 0.247. The number of piperidine rings is 2. The van der Waals surface area contributed by atoms with Crippen LogP contribution in [0, 0.1) is 0 Å². The van der Waals surface area contributed by atoms with Gasteiger partial charge in [-0.1, -0.05) is 37.6 Å². The fraction of sp³-hybridized carbons (Fsp3) is 0.586. The van der Waals surface area contributed by atoms with Crippen LogP contribution in [-0.4, -0.2) is 59.0 Å². The van der Waals surface area contributed by atoms with Crippen molar-refractivity contribution in [3.63, 3.8) is 0 Å². The van der Waals surface area contributed by atoms with Gasteiger partial charge in [-0.3, -0.25) is 9.78 Å². The molecule has 1 amide bonds. The summed E-state index contributed by atoms with van der Waals surface area (Å²) in [6.07, 6.45) is 11.2. The lowest BCUT2D eigenvalue weighted by atomic mass is 9.70. The van der Waals surface area contributed by atoms with E-state index < -0.39 is 0 Å². The largest absolute Gasteiger partial charge is 0.367 e. The molecule has 1 saturated carbocycles. The number of carbonyl (C=O) groups is 1. The van der Waals surface area contributed by atoms with E-state index in [2.05, 4.69) is 51.1 Å². The molecule has 5 heteroatoms. The molecule has 3 fully saturated rings. The highest BCUT2D eigenvalue weighted by Crippen LogP contribution is 2.53. The molecular formula is C29H38N4O. The fourth-order valence-electron chi connectivity index (χ4n) is 7.19.